The predicted molar refractivity (Wildman–Crippen MR) is 88.7 cm³/mol. The van der Waals surface area contributed by atoms with Crippen molar-refractivity contribution in [1.29, 1.82) is 0 Å². The third-order valence-electron chi connectivity index (χ3n) is 3.82. The molecule has 0 N–H and O–H groups in total. The number of halogens is 2. The Morgan fingerprint density at radius 1 is 1.29 bits per heavy atom. The number of hydrogen-bond donors (Lipinski definition) is 0. The highest BCUT2D eigenvalue weighted by molar-refractivity contribution is 7.99. The summed E-state index contributed by atoms with van der Waals surface area (Å²) in [5.41, 5.74) is 0.542. The van der Waals surface area contributed by atoms with Crippen LogP contribution in [0.15, 0.2) is 29.7 Å². The Labute approximate surface area is 144 Å². The first kappa shape index (κ1) is 18.4. The zero-order valence-corrected chi connectivity index (χ0v) is 14.8. The van der Waals surface area contributed by atoms with E-state index in [2.05, 4.69) is 10.2 Å². The maximum absolute atomic E-state index is 13.4. The molecule has 0 aliphatic rings. The molecule has 0 aliphatic heterocycles. The summed E-state index contributed by atoms with van der Waals surface area (Å²) in [6, 6.07) is 3.51. The van der Waals surface area contributed by atoms with E-state index in [1.165, 1.54) is 22.7 Å². The molecular formula is C16H20F2N4OS. The van der Waals surface area contributed by atoms with Crippen LogP contribution in [0.25, 0.3) is 0 Å². The van der Waals surface area contributed by atoms with Crippen LogP contribution in [0.1, 0.15) is 38.4 Å². The normalized spacial score (nSPS) is 12.5. The van der Waals surface area contributed by atoms with Gasteiger partial charge in [0.15, 0.2) is 16.8 Å². The molecule has 1 aromatic carbocycles. The topological polar surface area (TPSA) is 51.0 Å². The van der Waals surface area contributed by atoms with Crippen molar-refractivity contribution in [3.05, 3.63) is 41.7 Å². The number of carbonyl (C=O) groups is 1. The molecule has 0 fully saturated rings. The Morgan fingerprint density at radius 3 is 2.62 bits per heavy atom. The highest BCUT2D eigenvalue weighted by Gasteiger charge is 2.20. The van der Waals surface area contributed by atoms with Crippen LogP contribution < -0.4 is 0 Å². The number of amides is 1. The minimum absolute atomic E-state index is 0.129. The average molecular weight is 354 g/mol. The molecule has 0 spiro atoms. The summed E-state index contributed by atoms with van der Waals surface area (Å²) in [7, 11) is 1.64. The molecule has 2 aromatic rings. The van der Waals surface area contributed by atoms with Crippen LogP contribution in [-0.2, 0) is 4.79 Å². The first-order valence-electron chi connectivity index (χ1n) is 7.54. The SMILES string of the molecule is CC(c1ccc(F)c(F)c1)N(C)C(=O)CSc1nncn1C(C)C. The van der Waals surface area contributed by atoms with Crippen molar-refractivity contribution in [2.75, 3.05) is 12.8 Å². The van der Waals surface area contributed by atoms with Crippen molar-refractivity contribution in [2.24, 2.45) is 0 Å². The van der Waals surface area contributed by atoms with E-state index in [-0.39, 0.29) is 23.7 Å². The van der Waals surface area contributed by atoms with Crippen molar-refractivity contribution in [3.63, 3.8) is 0 Å². The van der Waals surface area contributed by atoms with Crippen molar-refractivity contribution in [2.45, 2.75) is 38.0 Å². The molecule has 5 nitrogen and oxygen atoms in total. The Balaban J connectivity index is 2.00. The van der Waals surface area contributed by atoms with Crippen LogP contribution in [0.4, 0.5) is 8.78 Å². The summed E-state index contributed by atoms with van der Waals surface area (Å²) in [5, 5.41) is 8.54. The van der Waals surface area contributed by atoms with Gasteiger partial charge in [-0.3, -0.25) is 4.79 Å². The highest BCUT2D eigenvalue weighted by Crippen LogP contribution is 2.23. The zero-order chi connectivity index (χ0) is 17.9. The second-order valence-corrected chi connectivity index (χ2v) is 6.70. The number of hydrogen-bond acceptors (Lipinski definition) is 4. The summed E-state index contributed by atoms with van der Waals surface area (Å²) in [6.45, 7) is 5.78. The summed E-state index contributed by atoms with van der Waals surface area (Å²) in [4.78, 5) is 13.9. The minimum Gasteiger partial charge on any atom is -0.338 e. The molecule has 1 amide bonds. The van der Waals surface area contributed by atoms with E-state index in [4.69, 9.17) is 0 Å². The van der Waals surface area contributed by atoms with Gasteiger partial charge in [-0.25, -0.2) is 8.78 Å². The van der Waals surface area contributed by atoms with Gasteiger partial charge < -0.3 is 9.47 Å². The molecule has 8 heteroatoms. The number of rotatable bonds is 6. The fourth-order valence-corrected chi connectivity index (χ4v) is 3.10. The number of aromatic nitrogens is 3. The summed E-state index contributed by atoms with van der Waals surface area (Å²) in [5.74, 6) is -1.76. The molecule has 0 saturated carbocycles. The number of carbonyl (C=O) groups excluding carboxylic acids is 1. The second-order valence-electron chi connectivity index (χ2n) is 5.76. The third kappa shape index (κ3) is 4.11. The van der Waals surface area contributed by atoms with Gasteiger partial charge in [0, 0.05) is 13.1 Å². The molecule has 0 bridgehead atoms. The first-order chi connectivity index (χ1) is 11.3. The van der Waals surface area contributed by atoms with E-state index in [0.29, 0.717) is 10.7 Å². The van der Waals surface area contributed by atoms with E-state index in [9.17, 15) is 13.6 Å². The van der Waals surface area contributed by atoms with Crippen LogP contribution in [0.5, 0.6) is 0 Å². The van der Waals surface area contributed by atoms with Crippen molar-refractivity contribution < 1.29 is 13.6 Å². The molecule has 24 heavy (non-hydrogen) atoms. The summed E-state index contributed by atoms with van der Waals surface area (Å²) in [6.07, 6.45) is 1.63. The molecule has 0 aliphatic carbocycles. The molecule has 0 saturated heterocycles. The Morgan fingerprint density at radius 2 is 2.00 bits per heavy atom. The molecule has 130 valence electrons. The molecule has 1 unspecified atom stereocenters. The van der Waals surface area contributed by atoms with E-state index in [1.807, 2.05) is 18.4 Å². The smallest absolute Gasteiger partial charge is 0.233 e. The average Bonchev–Trinajstić information content (AvgIpc) is 3.02. The fourth-order valence-electron chi connectivity index (χ4n) is 2.13. The van der Waals surface area contributed by atoms with Crippen molar-refractivity contribution in [1.82, 2.24) is 19.7 Å². The zero-order valence-electron chi connectivity index (χ0n) is 14.0. The first-order valence-corrected chi connectivity index (χ1v) is 8.52. The molecule has 1 aromatic heterocycles. The van der Waals surface area contributed by atoms with Crippen LogP contribution in [-0.4, -0.2) is 38.4 Å². The van der Waals surface area contributed by atoms with Crippen LogP contribution >= 0.6 is 11.8 Å². The lowest BCUT2D eigenvalue weighted by Gasteiger charge is -2.25. The molecular weight excluding hydrogens is 334 g/mol. The lowest BCUT2D eigenvalue weighted by Crippen LogP contribution is -2.31. The van der Waals surface area contributed by atoms with Gasteiger partial charge in [0.25, 0.3) is 0 Å². The fraction of sp³-hybridized carbons (Fsp3) is 0.438. The second kappa shape index (κ2) is 7.74. The monoisotopic (exact) mass is 354 g/mol. The highest BCUT2D eigenvalue weighted by atomic mass is 32.2. The van der Waals surface area contributed by atoms with Crippen molar-refractivity contribution in [3.8, 4) is 0 Å². The van der Waals surface area contributed by atoms with Gasteiger partial charge in [-0.2, -0.15) is 0 Å². The lowest BCUT2D eigenvalue weighted by atomic mass is 10.1. The van der Waals surface area contributed by atoms with Gasteiger partial charge >= 0.3 is 0 Å². The van der Waals surface area contributed by atoms with E-state index >= 15 is 0 Å². The van der Waals surface area contributed by atoms with Crippen LogP contribution in [0, 0.1) is 11.6 Å². The third-order valence-corrected chi connectivity index (χ3v) is 4.76. The van der Waals surface area contributed by atoms with Gasteiger partial charge in [-0.05, 0) is 38.5 Å². The standard InChI is InChI=1S/C16H20F2N4OS/c1-10(2)22-9-19-20-16(22)24-8-15(23)21(4)11(3)12-5-6-13(17)14(18)7-12/h5-7,9-11H,8H2,1-4H3. The number of benzene rings is 1. The van der Waals surface area contributed by atoms with Gasteiger partial charge in [0.05, 0.1) is 11.8 Å². The van der Waals surface area contributed by atoms with Gasteiger partial charge in [0.2, 0.25) is 5.91 Å². The Kier molecular flexibility index (Phi) is 5.93. The van der Waals surface area contributed by atoms with E-state index in [0.717, 1.165) is 12.1 Å². The molecule has 0 radical (unpaired) electrons. The number of thioether (sulfide) groups is 1. The Bertz CT molecular complexity index is 720. The molecule has 1 heterocycles. The molecule has 1 atom stereocenters. The Hall–Kier alpha value is -1.96. The molecule has 2 rings (SSSR count). The quantitative estimate of drug-likeness (QED) is 0.746. The van der Waals surface area contributed by atoms with E-state index in [1.54, 1.807) is 20.3 Å². The van der Waals surface area contributed by atoms with Crippen LogP contribution in [0.3, 0.4) is 0 Å². The summed E-state index contributed by atoms with van der Waals surface area (Å²) < 4.78 is 28.3. The van der Waals surface area contributed by atoms with Crippen molar-refractivity contribution >= 4 is 17.7 Å². The largest absolute Gasteiger partial charge is 0.338 e. The van der Waals surface area contributed by atoms with Crippen LogP contribution in [0.2, 0.25) is 0 Å². The van der Waals surface area contributed by atoms with Gasteiger partial charge in [-0.15, -0.1) is 10.2 Å². The summed E-state index contributed by atoms with van der Waals surface area (Å²) >= 11 is 1.30. The maximum atomic E-state index is 13.4. The number of nitrogens with zero attached hydrogens (tertiary/aromatic N) is 4. The predicted octanol–water partition coefficient (Wildman–Crippen LogP) is 3.45. The van der Waals surface area contributed by atoms with E-state index < -0.39 is 11.6 Å². The van der Waals surface area contributed by atoms with Gasteiger partial charge in [0.1, 0.15) is 6.33 Å². The minimum atomic E-state index is -0.917. The van der Waals surface area contributed by atoms with Gasteiger partial charge in [-0.1, -0.05) is 17.8 Å². The lowest BCUT2D eigenvalue weighted by molar-refractivity contribution is -0.128. The maximum Gasteiger partial charge on any atom is 0.233 e.